The zero-order chi connectivity index (χ0) is 18.6. The summed E-state index contributed by atoms with van der Waals surface area (Å²) in [5.41, 5.74) is 0. The molecule has 0 bridgehead atoms. The van der Waals surface area contributed by atoms with Crippen LogP contribution in [0.4, 0.5) is 0 Å². The number of rotatable bonds is 14. The van der Waals surface area contributed by atoms with E-state index in [0.717, 1.165) is 12.8 Å². The number of carboxylic acid groups (broad SMARTS) is 1. The highest BCUT2D eigenvalue weighted by atomic mass is 16.4. The molecule has 0 spiro atoms. The number of aliphatic carboxylic acids is 1. The van der Waals surface area contributed by atoms with Gasteiger partial charge >= 0.3 is 5.97 Å². The average Bonchev–Trinajstić information content (AvgIpc) is 2.61. The Kier molecular flexibility index (Phi) is 19.2. The number of unbranched alkanes of at least 4 members (excludes halogenated alkanes) is 10. The number of hydrogen-bond acceptors (Lipinski definition) is 3. The molecule has 0 aliphatic carbocycles. The Morgan fingerprint density at radius 2 is 1.28 bits per heavy atom. The molecule has 1 aliphatic heterocycles. The molecule has 1 heterocycles. The van der Waals surface area contributed by atoms with Crippen molar-refractivity contribution in [2.75, 3.05) is 32.7 Å². The third kappa shape index (κ3) is 19.6. The summed E-state index contributed by atoms with van der Waals surface area (Å²) in [6.07, 6.45) is 15.7. The van der Waals surface area contributed by atoms with E-state index in [1.54, 1.807) is 0 Å². The fraction of sp³-hybridized carbons (Fsp3) is 0.952. The Balaban J connectivity index is 0.000000535. The van der Waals surface area contributed by atoms with Crippen molar-refractivity contribution in [2.24, 2.45) is 0 Å². The first-order valence-corrected chi connectivity index (χ1v) is 10.9. The van der Waals surface area contributed by atoms with Crippen molar-refractivity contribution in [1.29, 1.82) is 0 Å². The average molecular weight is 357 g/mol. The highest BCUT2D eigenvalue weighted by Crippen LogP contribution is 2.11. The fourth-order valence-electron chi connectivity index (χ4n) is 3.19. The fourth-order valence-corrected chi connectivity index (χ4v) is 3.19. The third-order valence-electron chi connectivity index (χ3n) is 4.74. The van der Waals surface area contributed by atoms with E-state index in [1.165, 1.54) is 96.9 Å². The smallest absolute Gasteiger partial charge is 0.303 e. The summed E-state index contributed by atoms with van der Waals surface area (Å²) in [5, 5.41) is 11.8. The van der Waals surface area contributed by atoms with Crippen LogP contribution in [0, 0.1) is 0 Å². The van der Waals surface area contributed by atoms with Gasteiger partial charge in [0, 0.05) is 32.6 Å². The Labute approximate surface area is 156 Å². The van der Waals surface area contributed by atoms with Gasteiger partial charge in [-0.05, 0) is 19.4 Å². The second-order valence-electron chi connectivity index (χ2n) is 7.27. The van der Waals surface area contributed by atoms with E-state index in [1.807, 2.05) is 0 Å². The van der Waals surface area contributed by atoms with Crippen molar-refractivity contribution >= 4 is 5.97 Å². The summed E-state index contributed by atoms with van der Waals surface area (Å²) in [4.78, 5) is 12.8. The van der Waals surface area contributed by atoms with E-state index in [4.69, 9.17) is 5.11 Å². The van der Waals surface area contributed by atoms with Crippen LogP contribution in [0.15, 0.2) is 0 Å². The van der Waals surface area contributed by atoms with Crippen molar-refractivity contribution in [3.05, 3.63) is 0 Å². The molecule has 4 heteroatoms. The SMILES string of the molecule is CCCCCCCCCCCCCC(=O)O.CCCN1CCNCC1. The minimum absolute atomic E-state index is 0.344. The standard InChI is InChI=1S/C14H28O2.C7H16N2/c1-2-3-4-5-6-7-8-9-10-11-12-13-14(15)16;1-2-5-9-6-3-8-4-7-9/h2-13H2,1H3,(H,15,16);8H,2-7H2,1H3. The second-order valence-corrected chi connectivity index (χ2v) is 7.27. The van der Waals surface area contributed by atoms with E-state index >= 15 is 0 Å². The van der Waals surface area contributed by atoms with Gasteiger partial charge in [-0.1, -0.05) is 78.1 Å². The summed E-state index contributed by atoms with van der Waals surface area (Å²) in [5.74, 6) is -0.657. The summed E-state index contributed by atoms with van der Waals surface area (Å²) in [6, 6.07) is 0. The summed E-state index contributed by atoms with van der Waals surface area (Å²) >= 11 is 0. The lowest BCUT2D eigenvalue weighted by Crippen LogP contribution is -2.43. The molecule has 0 aromatic heterocycles. The topological polar surface area (TPSA) is 52.6 Å². The van der Waals surface area contributed by atoms with Crippen LogP contribution < -0.4 is 5.32 Å². The number of nitrogens with zero attached hydrogens (tertiary/aromatic N) is 1. The summed E-state index contributed by atoms with van der Waals surface area (Å²) in [6.45, 7) is 10.6. The Morgan fingerprint density at radius 3 is 1.72 bits per heavy atom. The first-order chi connectivity index (χ1) is 12.2. The van der Waals surface area contributed by atoms with E-state index in [0.29, 0.717) is 6.42 Å². The minimum atomic E-state index is -0.657. The van der Waals surface area contributed by atoms with E-state index in [2.05, 4.69) is 24.1 Å². The van der Waals surface area contributed by atoms with Gasteiger partial charge in [0.1, 0.15) is 0 Å². The summed E-state index contributed by atoms with van der Waals surface area (Å²) in [7, 11) is 0. The van der Waals surface area contributed by atoms with E-state index in [9.17, 15) is 4.79 Å². The molecule has 1 rings (SSSR count). The van der Waals surface area contributed by atoms with Crippen LogP contribution in [0.25, 0.3) is 0 Å². The molecule has 0 saturated carbocycles. The molecule has 1 fully saturated rings. The molecule has 0 unspecified atom stereocenters. The Hall–Kier alpha value is -0.610. The third-order valence-corrected chi connectivity index (χ3v) is 4.74. The zero-order valence-corrected chi connectivity index (χ0v) is 17.0. The molecule has 0 aromatic rings. The van der Waals surface area contributed by atoms with Gasteiger partial charge in [0.15, 0.2) is 0 Å². The van der Waals surface area contributed by atoms with Crippen LogP contribution in [0.3, 0.4) is 0 Å². The van der Waals surface area contributed by atoms with Gasteiger partial charge in [0.2, 0.25) is 0 Å². The van der Waals surface area contributed by atoms with Gasteiger partial charge in [-0.3, -0.25) is 4.79 Å². The Morgan fingerprint density at radius 1 is 0.800 bits per heavy atom. The van der Waals surface area contributed by atoms with Gasteiger partial charge in [0.25, 0.3) is 0 Å². The molecule has 2 N–H and O–H groups in total. The van der Waals surface area contributed by atoms with Crippen LogP contribution in [0.1, 0.15) is 97.3 Å². The monoisotopic (exact) mass is 356 g/mol. The number of hydrogen-bond donors (Lipinski definition) is 2. The highest BCUT2D eigenvalue weighted by Gasteiger charge is 2.06. The molecule has 0 atom stereocenters. The second kappa shape index (κ2) is 19.7. The Bertz CT molecular complexity index is 276. The number of piperazine rings is 1. The summed E-state index contributed by atoms with van der Waals surface area (Å²) < 4.78 is 0. The van der Waals surface area contributed by atoms with Crippen LogP contribution >= 0.6 is 0 Å². The maximum absolute atomic E-state index is 10.3. The maximum Gasteiger partial charge on any atom is 0.303 e. The molecule has 25 heavy (non-hydrogen) atoms. The zero-order valence-electron chi connectivity index (χ0n) is 17.0. The van der Waals surface area contributed by atoms with Crippen molar-refractivity contribution in [2.45, 2.75) is 97.3 Å². The molecule has 4 nitrogen and oxygen atoms in total. The largest absolute Gasteiger partial charge is 0.481 e. The predicted molar refractivity (Wildman–Crippen MR) is 108 cm³/mol. The van der Waals surface area contributed by atoms with Crippen LogP contribution in [-0.2, 0) is 4.79 Å². The number of carbonyl (C=O) groups is 1. The lowest BCUT2D eigenvalue weighted by Gasteiger charge is -2.26. The molecule has 0 amide bonds. The van der Waals surface area contributed by atoms with E-state index in [-0.39, 0.29) is 0 Å². The number of carboxylic acids is 1. The van der Waals surface area contributed by atoms with Crippen LogP contribution in [0.5, 0.6) is 0 Å². The van der Waals surface area contributed by atoms with Crippen molar-refractivity contribution in [3.8, 4) is 0 Å². The number of nitrogens with one attached hydrogen (secondary N) is 1. The van der Waals surface area contributed by atoms with Crippen molar-refractivity contribution < 1.29 is 9.90 Å². The normalized spacial score (nSPS) is 14.8. The quantitative estimate of drug-likeness (QED) is 0.426. The van der Waals surface area contributed by atoms with Gasteiger partial charge in [0.05, 0.1) is 0 Å². The molecule has 0 radical (unpaired) electrons. The molecular formula is C21H44N2O2. The molecular weight excluding hydrogens is 312 g/mol. The lowest BCUT2D eigenvalue weighted by atomic mass is 10.1. The maximum atomic E-state index is 10.3. The highest BCUT2D eigenvalue weighted by molar-refractivity contribution is 5.66. The minimum Gasteiger partial charge on any atom is -0.481 e. The van der Waals surface area contributed by atoms with Crippen molar-refractivity contribution in [1.82, 2.24) is 10.2 Å². The van der Waals surface area contributed by atoms with Crippen LogP contribution in [-0.4, -0.2) is 48.7 Å². The van der Waals surface area contributed by atoms with Gasteiger partial charge < -0.3 is 15.3 Å². The lowest BCUT2D eigenvalue weighted by molar-refractivity contribution is -0.137. The van der Waals surface area contributed by atoms with Gasteiger partial charge in [-0.25, -0.2) is 0 Å². The first-order valence-electron chi connectivity index (χ1n) is 10.9. The molecule has 1 aliphatic rings. The predicted octanol–water partition coefficient (Wildman–Crippen LogP) is 5.07. The molecule has 1 saturated heterocycles. The van der Waals surface area contributed by atoms with E-state index < -0.39 is 5.97 Å². The van der Waals surface area contributed by atoms with Gasteiger partial charge in [-0.2, -0.15) is 0 Å². The van der Waals surface area contributed by atoms with Crippen molar-refractivity contribution in [3.63, 3.8) is 0 Å². The molecule has 150 valence electrons. The van der Waals surface area contributed by atoms with Crippen LogP contribution in [0.2, 0.25) is 0 Å². The van der Waals surface area contributed by atoms with Gasteiger partial charge in [-0.15, -0.1) is 0 Å². The molecule has 0 aromatic carbocycles. The first kappa shape index (κ1) is 24.4.